The summed E-state index contributed by atoms with van der Waals surface area (Å²) in [5.41, 5.74) is 2.57. The van der Waals surface area contributed by atoms with Crippen molar-refractivity contribution < 1.29 is 9.84 Å². The molecule has 2 rings (SSSR count). The van der Waals surface area contributed by atoms with Gasteiger partial charge in [-0.2, -0.15) is 0 Å². The number of nitrogens with zero attached hydrogens (tertiary/aromatic N) is 1. The first-order valence-electron chi connectivity index (χ1n) is 6.53. The number of pyridine rings is 1. The molecular formula is C16H19NO3. The summed E-state index contributed by atoms with van der Waals surface area (Å²) in [6.45, 7) is 4.02. The first-order chi connectivity index (χ1) is 9.51. The smallest absolute Gasteiger partial charge is 0.251 e. The number of aromatic nitrogens is 1. The largest absolute Gasteiger partial charge is 0.496 e. The Morgan fingerprint density at radius 3 is 2.65 bits per heavy atom. The van der Waals surface area contributed by atoms with E-state index in [1.807, 2.05) is 31.2 Å². The van der Waals surface area contributed by atoms with E-state index in [2.05, 4.69) is 0 Å². The second kappa shape index (κ2) is 5.92. The van der Waals surface area contributed by atoms with E-state index in [9.17, 15) is 9.90 Å². The molecule has 2 aromatic rings. The van der Waals surface area contributed by atoms with Crippen LogP contribution in [0.1, 0.15) is 29.7 Å². The Morgan fingerprint density at radius 2 is 2.05 bits per heavy atom. The first-order valence-corrected chi connectivity index (χ1v) is 6.53. The highest BCUT2D eigenvalue weighted by atomic mass is 16.5. The summed E-state index contributed by atoms with van der Waals surface area (Å²) in [6.07, 6.45) is 1.22. The number of aryl methyl sites for hydroxylation is 1. The molecule has 0 fully saturated rings. The van der Waals surface area contributed by atoms with E-state index in [1.165, 1.54) is 0 Å². The van der Waals surface area contributed by atoms with Crippen molar-refractivity contribution in [3.8, 4) is 5.75 Å². The molecule has 1 aromatic heterocycles. The Bertz CT molecular complexity index is 659. The zero-order chi connectivity index (χ0) is 14.7. The van der Waals surface area contributed by atoms with Crippen LogP contribution in [0.15, 0.2) is 41.3 Å². The lowest BCUT2D eigenvalue weighted by Crippen LogP contribution is -2.19. The van der Waals surface area contributed by atoms with Crippen LogP contribution in [-0.4, -0.2) is 16.8 Å². The van der Waals surface area contributed by atoms with Crippen molar-refractivity contribution in [1.29, 1.82) is 0 Å². The Kier molecular flexibility index (Phi) is 4.25. The average Bonchev–Trinajstić information content (AvgIpc) is 2.41. The molecule has 0 radical (unpaired) electrons. The summed E-state index contributed by atoms with van der Waals surface area (Å²) in [4.78, 5) is 11.9. The van der Waals surface area contributed by atoms with Crippen LogP contribution < -0.4 is 10.3 Å². The minimum Gasteiger partial charge on any atom is -0.496 e. The molecule has 0 aliphatic carbocycles. The van der Waals surface area contributed by atoms with Crippen molar-refractivity contribution in [3.63, 3.8) is 0 Å². The van der Waals surface area contributed by atoms with E-state index in [1.54, 1.807) is 30.9 Å². The zero-order valence-electron chi connectivity index (χ0n) is 12.0. The Labute approximate surface area is 118 Å². The average molecular weight is 273 g/mol. The molecule has 0 bridgehead atoms. The predicted molar refractivity (Wildman–Crippen MR) is 78.2 cm³/mol. The Hall–Kier alpha value is -2.07. The third-order valence-corrected chi connectivity index (χ3v) is 3.28. The maximum atomic E-state index is 11.9. The summed E-state index contributed by atoms with van der Waals surface area (Å²) < 4.78 is 6.94. The van der Waals surface area contributed by atoms with Gasteiger partial charge in [0.25, 0.3) is 5.56 Å². The Morgan fingerprint density at radius 1 is 1.30 bits per heavy atom. The molecule has 0 saturated carbocycles. The number of aliphatic hydroxyl groups excluding tert-OH is 1. The van der Waals surface area contributed by atoms with E-state index in [-0.39, 0.29) is 5.56 Å². The Balaban J connectivity index is 2.40. The van der Waals surface area contributed by atoms with E-state index < -0.39 is 6.10 Å². The lowest BCUT2D eigenvalue weighted by Gasteiger charge is -2.13. The van der Waals surface area contributed by atoms with Gasteiger partial charge in [-0.25, -0.2) is 0 Å². The quantitative estimate of drug-likeness (QED) is 0.929. The number of ether oxygens (including phenoxy) is 1. The molecule has 0 saturated heterocycles. The normalized spacial score (nSPS) is 12.2. The van der Waals surface area contributed by atoms with E-state index >= 15 is 0 Å². The number of rotatable bonds is 4. The monoisotopic (exact) mass is 273 g/mol. The van der Waals surface area contributed by atoms with Crippen LogP contribution in [-0.2, 0) is 6.54 Å². The molecule has 1 unspecified atom stereocenters. The lowest BCUT2D eigenvalue weighted by molar-refractivity contribution is 0.199. The van der Waals surface area contributed by atoms with Gasteiger partial charge in [-0.15, -0.1) is 0 Å². The van der Waals surface area contributed by atoms with Crippen molar-refractivity contribution in [2.45, 2.75) is 26.5 Å². The summed E-state index contributed by atoms with van der Waals surface area (Å²) >= 11 is 0. The fourth-order valence-electron chi connectivity index (χ4n) is 2.10. The molecule has 0 amide bonds. The second-order valence-electron chi connectivity index (χ2n) is 4.92. The van der Waals surface area contributed by atoms with Gasteiger partial charge < -0.3 is 14.4 Å². The van der Waals surface area contributed by atoms with Gasteiger partial charge in [-0.3, -0.25) is 4.79 Å². The van der Waals surface area contributed by atoms with Crippen LogP contribution in [0.3, 0.4) is 0 Å². The first kappa shape index (κ1) is 14.3. The summed E-state index contributed by atoms with van der Waals surface area (Å²) in [5, 5.41) is 9.66. The third-order valence-electron chi connectivity index (χ3n) is 3.28. The standard InChI is InChI=1S/C16H19NO3/c1-11-6-7-17(16(19)8-11)10-14-9-13(12(2)18)4-5-15(14)20-3/h4-9,12,18H,10H2,1-3H3. The highest BCUT2D eigenvalue weighted by Crippen LogP contribution is 2.23. The number of methoxy groups -OCH3 is 1. The van der Waals surface area contributed by atoms with Gasteiger partial charge in [-0.1, -0.05) is 6.07 Å². The topological polar surface area (TPSA) is 51.5 Å². The third kappa shape index (κ3) is 3.08. The number of hydrogen-bond donors (Lipinski definition) is 1. The summed E-state index contributed by atoms with van der Waals surface area (Å²) in [7, 11) is 1.60. The van der Waals surface area contributed by atoms with Gasteiger partial charge in [0.15, 0.2) is 0 Å². The van der Waals surface area contributed by atoms with Gasteiger partial charge >= 0.3 is 0 Å². The van der Waals surface area contributed by atoms with Crippen LogP contribution in [0.25, 0.3) is 0 Å². The molecule has 1 aromatic carbocycles. The van der Waals surface area contributed by atoms with E-state index in [4.69, 9.17) is 4.74 Å². The molecule has 1 N–H and O–H groups in total. The maximum absolute atomic E-state index is 11.9. The van der Waals surface area contributed by atoms with Crippen molar-refractivity contribution in [3.05, 3.63) is 63.6 Å². The number of hydrogen-bond acceptors (Lipinski definition) is 3. The molecule has 1 atom stereocenters. The van der Waals surface area contributed by atoms with Gasteiger partial charge in [0, 0.05) is 17.8 Å². The van der Waals surface area contributed by atoms with Gasteiger partial charge in [0.2, 0.25) is 0 Å². The van der Waals surface area contributed by atoms with Crippen LogP contribution in [0.4, 0.5) is 0 Å². The van der Waals surface area contributed by atoms with Crippen molar-refractivity contribution >= 4 is 0 Å². The molecule has 106 valence electrons. The summed E-state index contributed by atoms with van der Waals surface area (Å²) in [6, 6.07) is 9.01. The molecule has 0 aliphatic rings. The minimum atomic E-state index is -0.547. The zero-order valence-corrected chi connectivity index (χ0v) is 12.0. The van der Waals surface area contributed by atoms with Crippen molar-refractivity contribution in [2.75, 3.05) is 7.11 Å². The molecule has 0 spiro atoms. The second-order valence-corrected chi connectivity index (χ2v) is 4.92. The number of benzene rings is 1. The minimum absolute atomic E-state index is 0.0468. The molecule has 0 aliphatic heterocycles. The fraction of sp³-hybridized carbons (Fsp3) is 0.312. The summed E-state index contributed by atoms with van der Waals surface area (Å²) in [5.74, 6) is 0.710. The van der Waals surface area contributed by atoms with E-state index in [0.717, 1.165) is 16.7 Å². The molecule has 4 nitrogen and oxygen atoms in total. The van der Waals surface area contributed by atoms with Crippen molar-refractivity contribution in [2.24, 2.45) is 0 Å². The molecular weight excluding hydrogens is 254 g/mol. The predicted octanol–water partition coefficient (Wildman–Crippen LogP) is 2.27. The highest BCUT2D eigenvalue weighted by molar-refractivity contribution is 5.38. The van der Waals surface area contributed by atoms with Crippen LogP contribution in [0, 0.1) is 6.92 Å². The van der Waals surface area contributed by atoms with E-state index in [0.29, 0.717) is 12.3 Å². The lowest BCUT2D eigenvalue weighted by atomic mass is 10.1. The van der Waals surface area contributed by atoms with Crippen LogP contribution >= 0.6 is 0 Å². The SMILES string of the molecule is COc1ccc(C(C)O)cc1Cn1ccc(C)cc1=O. The van der Waals surface area contributed by atoms with Crippen molar-refractivity contribution in [1.82, 2.24) is 4.57 Å². The van der Waals surface area contributed by atoms with Gasteiger partial charge in [-0.05, 0) is 43.2 Å². The van der Waals surface area contributed by atoms with Gasteiger partial charge in [0.1, 0.15) is 5.75 Å². The fourth-order valence-corrected chi connectivity index (χ4v) is 2.10. The maximum Gasteiger partial charge on any atom is 0.251 e. The molecule has 4 heteroatoms. The molecule has 20 heavy (non-hydrogen) atoms. The number of aliphatic hydroxyl groups is 1. The van der Waals surface area contributed by atoms with Gasteiger partial charge in [0.05, 0.1) is 19.8 Å². The van der Waals surface area contributed by atoms with Crippen LogP contribution in [0.5, 0.6) is 5.75 Å². The van der Waals surface area contributed by atoms with Crippen LogP contribution in [0.2, 0.25) is 0 Å². The molecule has 1 heterocycles. The highest BCUT2D eigenvalue weighted by Gasteiger charge is 2.09.